The smallest absolute Gasteiger partial charge is 0.313 e. The molecule has 1 aliphatic rings. The van der Waals surface area contributed by atoms with E-state index in [1.165, 1.54) is 0 Å². The molecular weight excluding hydrogens is 486 g/mol. The van der Waals surface area contributed by atoms with Gasteiger partial charge in [0.15, 0.2) is 0 Å². The van der Waals surface area contributed by atoms with Crippen LogP contribution in [0.5, 0.6) is 0 Å². The molecule has 1 unspecified atom stereocenters. The molecule has 3 aromatic carbocycles. The number of aliphatic carboxylic acids is 1. The molecule has 208 valence electrons. The number of carbonyl (C=O) groups is 1. The van der Waals surface area contributed by atoms with Crippen molar-refractivity contribution >= 4 is 5.97 Å². The maximum Gasteiger partial charge on any atom is 0.313 e. The molecule has 1 atom stereocenters. The van der Waals surface area contributed by atoms with E-state index in [1.807, 2.05) is 84.9 Å². The number of carboxylic acid groups (broad SMARTS) is 1. The van der Waals surface area contributed by atoms with Crippen molar-refractivity contribution in [3.05, 3.63) is 107 Å². The van der Waals surface area contributed by atoms with Crippen LogP contribution in [0, 0.1) is 5.92 Å². The van der Waals surface area contributed by atoms with Gasteiger partial charge in [-0.2, -0.15) is 0 Å². The van der Waals surface area contributed by atoms with Crippen molar-refractivity contribution < 1.29 is 20.1 Å². The van der Waals surface area contributed by atoms with Crippen molar-refractivity contribution in [3.63, 3.8) is 0 Å². The van der Waals surface area contributed by atoms with Crippen molar-refractivity contribution in [1.29, 1.82) is 0 Å². The third-order valence-corrected chi connectivity index (χ3v) is 8.63. The van der Waals surface area contributed by atoms with E-state index in [-0.39, 0.29) is 0 Å². The van der Waals surface area contributed by atoms with E-state index >= 15 is 0 Å². The summed E-state index contributed by atoms with van der Waals surface area (Å²) >= 11 is 0. The predicted molar refractivity (Wildman–Crippen MR) is 156 cm³/mol. The van der Waals surface area contributed by atoms with Gasteiger partial charge in [0.1, 0.15) is 5.60 Å². The average Bonchev–Trinajstić information content (AvgIpc) is 2.97. The number of hydrogen-bond acceptors (Lipinski definition) is 4. The van der Waals surface area contributed by atoms with Crippen LogP contribution in [0.2, 0.25) is 0 Å². The third-order valence-electron chi connectivity index (χ3n) is 8.63. The number of carboxylic acids is 1. The van der Waals surface area contributed by atoms with Crippen molar-refractivity contribution in [2.24, 2.45) is 5.92 Å². The van der Waals surface area contributed by atoms with E-state index in [2.05, 4.69) is 4.90 Å². The van der Waals surface area contributed by atoms with Crippen LogP contribution in [-0.2, 0) is 15.8 Å². The van der Waals surface area contributed by atoms with Gasteiger partial charge in [0.2, 0.25) is 0 Å². The number of benzene rings is 3. The summed E-state index contributed by atoms with van der Waals surface area (Å²) in [5, 5.41) is 31.9. The molecule has 0 amide bonds. The first-order valence-corrected chi connectivity index (χ1v) is 14.3. The summed E-state index contributed by atoms with van der Waals surface area (Å²) in [6, 6.07) is 27.4. The molecule has 3 aromatic rings. The fraction of sp³-hybridized carbons (Fsp3) is 0.441. The van der Waals surface area contributed by atoms with Crippen LogP contribution in [0.25, 0.3) is 0 Å². The molecule has 1 saturated heterocycles. The van der Waals surface area contributed by atoms with E-state index < -0.39 is 23.1 Å². The van der Waals surface area contributed by atoms with Gasteiger partial charge in [-0.25, -0.2) is 0 Å². The van der Waals surface area contributed by atoms with Gasteiger partial charge in [0.25, 0.3) is 0 Å². The maximum absolute atomic E-state index is 11.8. The van der Waals surface area contributed by atoms with Crippen molar-refractivity contribution in [1.82, 2.24) is 4.90 Å². The van der Waals surface area contributed by atoms with Crippen LogP contribution >= 0.6 is 0 Å². The fourth-order valence-electron chi connectivity index (χ4n) is 5.72. The Labute approximate surface area is 233 Å². The first-order chi connectivity index (χ1) is 18.7. The summed E-state index contributed by atoms with van der Waals surface area (Å²) in [6.45, 7) is 6.45. The van der Waals surface area contributed by atoms with Crippen LogP contribution in [0.1, 0.15) is 80.7 Å². The van der Waals surface area contributed by atoms with Gasteiger partial charge in [-0.1, -0.05) is 84.9 Å². The minimum atomic E-state index is -0.975. The van der Waals surface area contributed by atoms with Crippen molar-refractivity contribution in [2.75, 3.05) is 19.6 Å². The standard InChI is InChI=1S/C34H43NO4/c1-33(2,32(37)38)28-17-15-27(16-18-28)31(36)14-9-23-35-24-20-26(21-25-35)19-22-34(39,29-10-5-3-6-11-29)30-12-7-4-8-13-30/h3-8,10-13,15-18,26,31,36,39H,9,14,19-25H2,1-2H3,(H,37,38). The van der Waals surface area contributed by atoms with E-state index in [0.717, 1.165) is 67.6 Å². The maximum atomic E-state index is 11.8. The van der Waals surface area contributed by atoms with Crippen LogP contribution in [-0.4, -0.2) is 45.8 Å². The van der Waals surface area contributed by atoms with Crippen LogP contribution < -0.4 is 0 Å². The molecule has 3 N–H and O–H groups in total. The Bertz CT molecular complexity index is 1130. The summed E-state index contributed by atoms with van der Waals surface area (Å²) in [6.07, 6.45) is 5.00. The second-order valence-electron chi connectivity index (χ2n) is 11.6. The van der Waals surface area contributed by atoms with Crippen LogP contribution in [0.15, 0.2) is 84.9 Å². The Morgan fingerprint density at radius 1 is 0.872 bits per heavy atom. The highest BCUT2D eigenvalue weighted by Gasteiger charge is 2.33. The first-order valence-electron chi connectivity index (χ1n) is 14.3. The number of piperidine rings is 1. The Morgan fingerprint density at radius 2 is 1.41 bits per heavy atom. The number of rotatable bonds is 12. The second-order valence-corrected chi connectivity index (χ2v) is 11.6. The number of aliphatic hydroxyl groups excluding tert-OH is 1. The molecule has 0 spiro atoms. The summed E-state index contributed by atoms with van der Waals surface area (Å²) in [5.74, 6) is -0.262. The van der Waals surface area contributed by atoms with Crippen molar-refractivity contribution in [2.45, 2.75) is 69.5 Å². The number of hydrogen-bond donors (Lipinski definition) is 3. The molecule has 0 aromatic heterocycles. The minimum Gasteiger partial charge on any atom is -0.481 e. The van der Waals surface area contributed by atoms with E-state index in [4.69, 9.17) is 0 Å². The van der Waals surface area contributed by atoms with Gasteiger partial charge in [-0.3, -0.25) is 4.79 Å². The lowest BCUT2D eigenvalue weighted by molar-refractivity contribution is -0.142. The van der Waals surface area contributed by atoms with Gasteiger partial charge in [0.05, 0.1) is 11.5 Å². The van der Waals surface area contributed by atoms with Crippen molar-refractivity contribution in [3.8, 4) is 0 Å². The average molecular weight is 530 g/mol. The molecule has 4 rings (SSSR count). The highest BCUT2D eigenvalue weighted by Crippen LogP contribution is 2.37. The van der Waals surface area contributed by atoms with Gasteiger partial charge >= 0.3 is 5.97 Å². The summed E-state index contributed by atoms with van der Waals surface area (Å²) in [5.41, 5.74) is 1.55. The quantitative estimate of drug-likeness (QED) is 0.257. The lowest BCUT2D eigenvalue weighted by atomic mass is 9.79. The Morgan fingerprint density at radius 3 is 1.92 bits per heavy atom. The number of likely N-dealkylation sites (tertiary alicyclic amines) is 1. The molecule has 5 nitrogen and oxygen atoms in total. The van der Waals surface area contributed by atoms with E-state index in [0.29, 0.717) is 18.8 Å². The lowest BCUT2D eigenvalue weighted by Crippen LogP contribution is -2.35. The summed E-state index contributed by atoms with van der Waals surface area (Å²) in [7, 11) is 0. The van der Waals surface area contributed by atoms with E-state index in [1.54, 1.807) is 13.8 Å². The Kier molecular flexibility index (Phi) is 9.60. The molecule has 1 heterocycles. The molecule has 0 aliphatic carbocycles. The molecule has 1 fully saturated rings. The van der Waals surface area contributed by atoms with Gasteiger partial charge in [-0.05, 0) is 100 Å². The minimum absolute atomic E-state index is 0.543. The van der Waals surface area contributed by atoms with Gasteiger partial charge in [-0.15, -0.1) is 0 Å². The largest absolute Gasteiger partial charge is 0.481 e. The predicted octanol–water partition coefficient (Wildman–Crippen LogP) is 6.29. The molecule has 1 aliphatic heterocycles. The van der Waals surface area contributed by atoms with Gasteiger partial charge < -0.3 is 20.2 Å². The first kappa shape index (κ1) is 29.0. The highest BCUT2D eigenvalue weighted by molar-refractivity contribution is 5.80. The summed E-state index contributed by atoms with van der Waals surface area (Å²) < 4.78 is 0. The molecule has 0 saturated carbocycles. The zero-order valence-corrected chi connectivity index (χ0v) is 23.3. The Hall–Kier alpha value is -2.99. The normalized spacial score (nSPS) is 16.2. The van der Waals surface area contributed by atoms with Crippen LogP contribution in [0.4, 0.5) is 0 Å². The molecule has 0 radical (unpaired) electrons. The fourth-order valence-corrected chi connectivity index (χ4v) is 5.72. The zero-order valence-electron chi connectivity index (χ0n) is 23.3. The topological polar surface area (TPSA) is 81.0 Å². The van der Waals surface area contributed by atoms with Crippen LogP contribution in [0.3, 0.4) is 0 Å². The molecular formula is C34H43NO4. The Balaban J connectivity index is 1.22. The molecule has 39 heavy (non-hydrogen) atoms. The SMILES string of the molecule is CC(C)(C(=O)O)c1ccc(C(O)CCCN2CCC(CCC(O)(c3ccccc3)c3ccccc3)CC2)cc1. The monoisotopic (exact) mass is 529 g/mol. The number of aliphatic hydroxyl groups is 2. The third kappa shape index (κ3) is 7.16. The van der Waals surface area contributed by atoms with E-state index in [9.17, 15) is 20.1 Å². The summed E-state index contributed by atoms with van der Waals surface area (Å²) in [4.78, 5) is 14.0. The second kappa shape index (κ2) is 12.9. The molecule has 5 heteroatoms. The molecule has 0 bridgehead atoms. The highest BCUT2D eigenvalue weighted by atomic mass is 16.4. The van der Waals surface area contributed by atoms with Gasteiger partial charge in [0, 0.05) is 0 Å². The zero-order chi connectivity index (χ0) is 27.9. The number of nitrogens with zero attached hydrogens (tertiary/aromatic N) is 1. The lowest BCUT2D eigenvalue weighted by Gasteiger charge is -2.35.